The zero-order chi connectivity index (χ0) is 22.3. The number of methoxy groups -OCH3 is 1. The third kappa shape index (κ3) is 5.38. The fraction of sp³-hybridized carbons (Fsp3) is 0.208. The molecule has 0 saturated carbocycles. The van der Waals surface area contributed by atoms with Gasteiger partial charge in [0.05, 0.1) is 12.4 Å². The van der Waals surface area contributed by atoms with Crippen LogP contribution in [-0.2, 0) is 17.8 Å². The average molecular weight is 465 g/mol. The van der Waals surface area contributed by atoms with E-state index in [2.05, 4.69) is 27.0 Å². The molecule has 0 fully saturated rings. The van der Waals surface area contributed by atoms with E-state index in [0.717, 1.165) is 22.8 Å². The van der Waals surface area contributed by atoms with Gasteiger partial charge in [-0.1, -0.05) is 48.2 Å². The van der Waals surface area contributed by atoms with E-state index in [1.165, 1.54) is 16.6 Å². The summed E-state index contributed by atoms with van der Waals surface area (Å²) in [4.78, 5) is 14.0. The number of benzene rings is 2. The van der Waals surface area contributed by atoms with Gasteiger partial charge in [0.1, 0.15) is 11.6 Å². The van der Waals surface area contributed by atoms with Crippen LogP contribution in [0.1, 0.15) is 23.2 Å². The van der Waals surface area contributed by atoms with Gasteiger partial charge < -0.3 is 10.1 Å². The van der Waals surface area contributed by atoms with Gasteiger partial charge >= 0.3 is 0 Å². The molecule has 0 radical (unpaired) electrons. The van der Waals surface area contributed by atoms with Gasteiger partial charge in [-0.15, -0.1) is 21.5 Å². The first-order valence-corrected chi connectivity index (χ1v) is 12.0. The van der Waals surface area contributed by atoms with E-state index in [0.29, 0.717) is 18.1 Å². The number of thioether (sulfide) groups is 1. The standard InChI is InChI=1S/C24H24N4O2S2/c1-17(23(29)25-16-18-10-12-20(30-2)13-11-18)32-24-27-26-22(15-21-9-6-14-31-21)28(24)19-7-4-3-5-8-19/h3-14,17H,15-16H2,1-2H3,(H,25,29)/t17-/m1/s1. The lowest BCUT2D eigenvalue weighted by Gasteiger charge is -2.14. The molecular weight excluding hydrogens is 440 g/mol. The van der Waals surface area contributed by atoms with Crippen molar-refractivity contribution < 1.29 is 9.53 Å². The maximum atomic E-state index is 12.7. The number of rotatable bonds is 9. The Hall–Kier alpha value is -3.10. The summed E-state index contributed by atoms with van der Waals surface area (Å²) in [7, 11) is 1.63. The molecule has 0 unspecified atom stereocenters. The maximum Gasteiger partial charge on any atom is 0.233 e. The Balaban J connectivity index is 1.47. The van der Waals surface area contributed by atoms with Crippen molar-refractivity contribution >= 4 is 29.0 Å². The minimum atomic E-state index is -0.325. The number of hydrogen-bond donors (Lipinski definition) is 1. The van der Waals surface area contributed by atoms with Gasteiger partial charge in [0.25, 0.3) is 0 Å². The molecule has 4 aromatic rings. The summed E-state index contributed by atoms with van der Waals surface area (Å²) in [6.45, 7) is 2.35. The third-order valence-electron chi connectivity index (χ3n) is 4.90. The largest absolute Gasteiger partial charge is 0.497 e. The summed E-state index contributed by atoms with van der Waals surface area (Å²) in [6.07, 6.45) is 0.693. The molecule has 1 N–H and O–H groups in total. The zero-order valence-corrected chi connectivity index (χ0v) is 19.5. The van der Waals surface area contributed by atoms with Crippen molar-refractivity contribution in [1.82, 2.24) is 20.1 Å². The highest BCUT2D eigenvalue weighted by molar-refractivity contribution is 8.00. The molecule has 0 aliphatic heterocycles. The smallest absolute Gasteiger partial charge is 0.233 e. The Bertz CT molecular complexity index is 1140. The number of carbonyl (C=O) groups excluding carboxylic acids is 1. The number of amides is 1. The number of aromatic nitrogens is 3. The van der Waals surface area contributed by atoms with Crippen molar-refractivity contribution in [1.29, 1.82) is 0 Å². The minimum Gasteiger partial charge on any atom is -0.497 e. The monoisotopic (exact) mass is 464 g/mol. The van der Waals surface area contributed by atoms with E-state index < -0.39 is 0 Å². The van der Waals surface area contributed by atoms with Crippen LogP contribution in [0.3, 0.4) is 0 Å². The summed E-state index contributed by atoms with van der Waals surface area (Å²) in [5.41, 5.74) is 2.00. The van der Waals surface area contributed by atoms with E-state index in [4.69, 9.17) is 4.74 Å². The maximum absolute atomic E-state index is 12.7. The van der Waals surface area contributed by atoms with E-state index in [1.54, 1.807) is 18.4 Å². The van der Waals surface area contributed by atoms with Gasteiger partial charge in [0.15, 0.2) is 5.16 Å². The number of carbonyl (C=O) groups is 1. The van der Waals surface area contributed by atoms with Crippen molar-refractivity contribution in [3.05, 3.63) is 88.4 Å². The van der Waals surface area contributed by atoms with Crippen LogP contribution in [0, 0.1) is 0 Å². The van der Waals surface area contributed by atoms with Crippen LogP contribution in [0.5, 0.6) is 5.75 Å². The van der Waals surface area contributed by atoms with E-state index >= 15 is 0 Å². The number of thiophene rings is 1. The van der Waals surface area contributed by atoms with Crippen LogP contribution >= 0.6 is 23.1 Å². The molecule has 0 aliphatic rings. The van der Waals surface area contributed by atoms with Gasteiger partial charge in [-0.3, -0.25) is 9.36 Å². The summed E-state index contributed by atoms with van der Waals surface area (Å²) < 4.78 is 7.22. The molecule has 1 amide bonds. The molecule has 0 aliphatic carbocycles. The SMILES string of the molecule is COc1ccc(CNC(=O)[C@@H](C)Sc2nnc(Cc3cccs3)n2-c2ccccc2)cc1. The second-order valence-corrected chi connectivity index (χ2v) is 9.49. The predicted octanol–water partition coefficient (Wildman–Crippen LogP) is 4.73. The molecule has 32 heavy (non-hydrogen) atoms. The van der Waals surface area contributed by atoms with Gasteiger partial charge in [-0.25, -0.2) is 0 Å². The first kappa shape index (κ1) is 22.1. The minimum absolute atomic E-state index is 0.0479. The molecule has 0 saturated heterocycles. The van der Waals surface area contributed by atoms with Crippen LogP contribution in [0.25, 0.3) is 5.69 Å². The summed E-state index contributed by atoms with van der Waals surface area (Å²) >= 11 is 3.11. The summed E-state index contributed by atoms with van der Waals surface area (Å²) in [6, 6.07) is 21.8. The molecule has 1 atom stereocenters. The molecule has 0 spiro atoms. The molecule has 0 bridgehead atoms. The number of hydrogen-bond acceptors (Lipinski definition) is 6. The Morgan fingerprint density at radius 1 is 1.09 bits per heavy atom. The quantitative estimate of drug-likeness (QED) is 0.363. The number of nitrogens with zero attached hydrogens (tertiary/aromatic N) is 3. The fourth-order valence-corrected chi connectivity index (χ4v) is 4.80. The first-order valence-electron chi connectivity index (χ1n) is 10.2. The predicted molar refractivity (Wildman–Crippen MR) is 129 cm³/mol. The highest BCUT2D eigenvalue weighted by atomic mass is 32.2. The van der Waals surface area contributed by atoms with Gasteiger partial charge in [-0.05, 0) is 48.2 Å². The van der Waals surface area contributed by atoms with Gasteiger partial charge in [-0.2, -0.15) is 0 Å². The van der Waals surface area contributed by atoms with E-state index in [1.807, 2.05) is 72.2 Å². The van der Waals surface area contributed by atoms with Crippen LogP contribution < -0.4 is 10.1 Å². The molecule has 4 rings (SSSR count). The summed E-state index contributed by atoms with van der Waals surface area (Å²) in [5.74, 6) is 1.60. The molecule has 6 nitrogen and oxygen atoms in total. The van der Waals surface area contributed by atoms with Crippen molar-refractivity contribution in [2.75, 3.05) is 7.11 Å². The van der Waals surface area contributed by atoms with Crippen LogP contribution in [0.2, 0.25) is 0 Å². The highest BCUT2D eigenvalue weighted by Gasteiger charge is 2.21. The van der Waals surface area contributed by atoms with Crippen LogP contribution in [0.15, 0.2) is 77.3 Å². The lowest BCUT2D eigenvalue weighted by atomic mass is 10.2. The molecular formula is C24H24N4O2S2. The third-order valence-corrected chi connectivity index (χ3v) is 6.82. The molecule has 2 heterocycles. The van der Waals surface area contributed by atoms with Crippen molar-refractivity contribution in [2.45, 2.75) is 30.3 Å². The van der Waals surface area contributed by atoms with E-state index in [-0.39, 0.29) is 11.2 Å². The average Bonchev–Trinajstić information content (AvgIpc) is 3.48. The van der Waals surface area contributed by atoms with Crippen LogP contribution in [0.4, 0.5) is 0 Å². The van der Waals surface area contributed by atoms with Crippen LogP contribution in [-0.4, -0.2) is 33.0 Å². The van der Waals surface area contributed by atoms with E-state index in [9.17, 15) is 4.79 Å². The topological polar surface area (TPSA) is 69.0 Å². The van der Waals surface area contributed by atoms with Crippen molar-refractivity contribution in [2.24, 2.45) is 0 Å². The summed E-state index contributed by atoms with van der Waals surface area (Å²) in [5, 5.41) is 14.3. The van der Waals surface area contributed by atoms with Crippen molar-refractivity contribution in [3.8, 4) is 11.4 Å². The van der Waals surface area contributed by atoms with Crippen molar-refractivity contribution in [3.63, 3.8) is 0 Å². The Morgan fingerprint density at radius 2 is 1.88 bits per heavy atom. The fourth-order valence-electron chi connectivity index (χ4n) is 3.18. The number of ether oxygens (including phenoxy) is 1. The number of nitrogens with one attached hydrogen (secondary N) is 1. The second kappa shape index (κ2) is 10.5. The first-order chi connectivity index (χ1) is 15.6. The lowest BCUT2D eigenvalue weighted by Crippen LogP contribution is -2.30. The Labute approximate surface area is 195 Å². The lowest BCUT2D eigenvalue weighted by molar-refractivity contribution is -0.120. The normalized spacial score (nSPS) is 11.8. The second-order valence-electron chi connectivity index (χ2n) is 7.15. The number of para-hydroxylation sites is 1. The molecule has 2 aromatic carbocycles. The Morgan fingerprint density at radius 3 is 2.56 bits per heavy atom. The molecule has 8 heteroatoms. The van der Waals surface area contributed by atoms with Gasteiger partial charge in [0.2, 0.25) is 5.91 Å². The zero-order valence-electron chi connectivity index (χ0n) is 17.9. The molecule has 164 valence electrons. The Kier molecular flexibility index (Phi) is 7.24. The van der Waals surface area contributed by atoms with Gasteiger partial charge in [0, 0.05) is 23.5 Å². The highest BCUT2D eigenvalue weighted by Crippen LogP contribution is 2.27. The molecule has 2 aromatic heterocycles.